The van der Waals surface area contributed by atoms with Crippen LogP contribution in [-0.2, 0) is 0 Å². The zero-order chi connectivity index (χ0) is 6.69. The van der Waals surface area contributed by atoms with Crippen LogP contribution in [0.2, 0.25) is 0 Å². The van der Waals surface area contributed by atoms with Crippen LogP contribution in [0, 0.1) is 5.92 Å². The number of hydrogen-bond acceptors (Lipinski definition) is 1. The highest BCUT2D eigenvalue weighted by Gasteiger charge is 2.05. The third-order valence-electron chi connectivity index (χ3n) is 1.36. The second-order valence-corrected chi connectivity index (χ2v) is 2.96. The van der Waals surface area contributed by atoms with Gasteiger partial charge in [-0.05, 0) is 18.4 Å². The van der Waals surface area contributed by atoms with E-state index in [0.29, 0.717) is 5.92 Å². The van der Waals surface area contributed by atoms with Crippen LogP contribution >= 0.6 is 12.0 Å². The van der Waals surface area contributed by atoms with E-state index >= 15 is 0 Å². The van der Waals surface area contributed by atoms with Gasteiger partial charge in [0.25, 0.3) is 0 Å². The summed E-state index contributed by atoms with van der Waals surface area (Å²) in [6.07, 6.45) is 7.40. The van der Waals surface area contributed by atoms with E-state index in [9.17, 15) is 0 Å². The van der Waals surface area contributed by atoms with Crippen LogP contribution in [0.1, 0.15) is 13.3 Å². The Hall–Kier alpha value is -0.210. The van der Waals surface area contributed by atoms with Gasteiger partial charge in [-0.15, -0.1) is 0 Å². The maximum Gasteiger partial charge on any atom is 0.222 e. The summed E-state index contributed by atoms with van der Waals surface area (Å²) in [6, 6.07) is 0. The lowest BCUT2D eigenvalue weighted by atomic mass is 10.0. The van der Waals surface area contributed by atoms with Gasteiger partial charge in [0, 0.05) is 0 Å². The van der Waals surface area contributed by atoms with Crippen LogP contribution < -0.4 is 0 Å². The van der Waals surface area contributed by atoms with E-state index in [-0.39, 0.29) is 0 Å². The third-order valence-corrected chi connectivity index (χ3v) is 1.86. The number of allylic oxidation sites excluding steroid dienone is 3. The normalized spacial score (nSPS) is 26.0. The molecule has 1 unspecified atom stereocenters. The Labute approximate surface area is 59.7 Å². The largest absolute Gasteiger partial charge is 0.367 e. The second-order valence-electron chi connectivity index (χ2n) is 2.29. The van der Waals surface area contributed by atoms with E-state index in [2.05, 4.69) is 19.1 Å². The van der Waals surface area contributed by atoms with Gasteiger partial charge in [-0.3, -0.25) is 0 Å². The third kappa shape index (κ3) is 1.88. The van der Waals surface area contributed by atoms with E-state index in [0.717, 1.165) is 23.4 Å². The molecule has 50 valence electrons. The van der Waals surface area contributed by atoms with Crippen molar-refractivity contribution in [1.29, 1.82) is 0 Å². The van der Waals surface area contributed by atoms with Crippen molar-refractivity contribution in [1.82, 2.24) is 0 Å². The standard InChI is InChI=1S/C7H10OS/c1-6-3-2-4-7(5-6)9-8/h2,4-6,8H,3H2,1H3/p+1. The van der Waals surface area contributed by atoms with E-state index in [1.54, 1.807) is 0 Å². The quantitative estimate of drug-likeness (QED) is 0.405. The van der Waals surface area contributed by atoms with Gasteiger partial charge in [0.1, 0.15) is 0 Å². The molecule has 2 heteroatoms. The molecule has 0 aromatic carbocycles. The fourth-order valence-electron chi connectivity index (χ4n) is 0.871. The molecule has 9 heavy (non-hydrogen) atoms. The summed E-state index contributed by atoms with van der Waals surface area (Å²) < 4.78 is 6.98. The molecule has 1 aliphatic carbocycles. The van der Waals surface area contributed by atoms with Gasteiger partial charge in [-0.25, -0.2) is 0 Å². The minimum absolute atomic E-state index is 0.628. The summed E-state index contributed by atoms with van der Waals surface area (Å²) in [6.45, 7) is 2.17. The van der Waals surface area contributed by atoms with Crippen LogP contribution in [0.3, 0.4) is 0 Å². The fraction of sp³-hybridized carbons (Fsp3) is 0.429. The molecule has 0 saturated carbocycles. The molecule has 1 nitrogen and oxygen atoms in total. The van der Waals surface area contributed by atoms with Crippen molar-refractivity contribution in [2.24, 2.45) is 5.92 Å². The summed E-state index contributed by atoms with van der Waals surface area (Å²) in [5, 5.41) is 0. The average Bonchev–Trinajstić information content (AvgIpc) is 1.88. The highest BCUT2D eigenvalue weighted by molar-refractivity contribution is 7.97. The maximum absolute atomic E-state index is 6.98. The van der Waals surface area contributed by atoms with Crippen molar-refractivity contribution < 1.29 is 4.55 Å². The van der Waals surface area contributed by atoms with Crippen LogP contribution in [0.25, 0.3) is 0 Å². The topological polar surface area (TPSA) is 22.9 Å². The van der Waals surface area contributed by atoms with Gasteiger partial charge in [0.2, 0.25) is 12.0 Å². The Balaban J connectivity index is 2.59. The summed E-state index contributed by atoms with van der Waals surface area (Å²) >= 11 is 1.07. The predicted molar refractivity (Wildman–Crippen MR) is 42.2 cm³/mol. The first-order valence-corrected chi connectivity index (χ1v) is 3.86. The minimum atomic E-state index is 0.628. The van der Waals surface area contributed by atoms with Gasteiger partial charge in [-0.2, -0.15) is 0 Å². The van der Waals surface area contributed by atoms with Crippen LogP contribution in [0.15, 0.2) is 23.1 Å². The predicted octanol–water partition coefficient (Wildman–Crippen LogP) is 1.84. The van der Waals surface area contributed by atoms with Crippen LogP contribution in [0.5, 0.6) is 0 Å². The van der Waals surface area contributed by atoms with Gasteiger partial charge in [0.15, 0.2) is 0 Å². The van der Waals surface area contributed by atoms with Crippen molar-refractivity contribution in [3.8, 4) is 0 Å². The van der Waals surface area contributed by atoms with Crippen molar-refractivity contribution in [3.05, 3.63) is 23.1 Å². The molecule has 0 saturated heterocycles. The zero-order valence-electron chi connectivity index (χ0n) is 5.42. The van der Waals surface area contributed by atoms with Gasteiger partial charge < -0.3 is 4.55 Å². The molecule has 0 aromatic heterocycles. The molecular formula is C7H11OS+. The molecule has 1 aliphatic rings. The Kier molecular flexibility index (Phi) is 2.37. The average molecular weight is 143 g/mol. The van der Waals surface area contributed by atoms with E-state index < -0.39 is 0 Å². The molecule has 2 N–H and O–H groups in total. The number of rotatable bonds is 1. The van der Waals surface area contributed by atoms with Crippen molar-refractivity contribution in [2.45, 2.75) is 13.3 Å². The molecule has 0 bridgehead atoms. The Morgan fingerprint density at radius 3 is 3.00 bits per heavy atom. The lowest BCUT2D eigenvalue weighted by Gasteiger charge is -2.06. The summed E-state index contributed by atoms with van der Waals surface area (Å²) in [7, 11) is 0. The molecule has 0 amide bonds. The first kappa shape index (κ1) is 6.90. The zero-order valence-corrected chi connectivity index (χ0v) is 6.24. The van der Waals surface area contributed by atoms with Crippen molar-refractivity contribution >= 4 is 12.0 Å². The Morgan fingerprint density at radius 1 is 1.78 bits per heavy atom. The van der Waals surface area contributed by atoms with Gasteiger partial charge >= 0.3 is 0 Å². The molecule has 0 spiro atoms. The molecule has 0 aliphatic heterocycles. The molecule has 1 rings (SSSR count). The Morgan fingerprint density at radius 2 is 2.56 bits per heavy atom. The van der Waals surface area contributed by atoms with Gasteiger partial charge in [0.05, 0.1) is 4.91 Å². The monoisotopic (exact) mass is 143 g/mol. The first-order valence-electron chi connectivity index (χ1n) is 3.05. The SMILES string of the molecule is CC1C=C(S[OH2+])C=CC1. The molecule has 0 aromatic rings. The second kappa shape index (κ2) is 3.08. The van der Waals surface area contributed by atoms with E-state index in [1.165, 1.54) is 0 Å². The van der Waals surface area contributed by atoms with Crippen LogP contribution in [-0.4, -0.2) is 4.55 Å². The molecule has 1 atom stereocenters. The van der Waals surface area contributed by atoms with Crippen molar-refractivity contribution in [2.75, 3.05) is 0 Å². The smallest absolute Gasteiger partial charge is 0.222 e. The van der Waals surface area contributed by atoms with E-state index in [4.69, 9.17) is 4.55 Å². The summed E-state index contributed by atoms with van der Waals surface area (Å²) in [5.41, 5.74) is 0. The Bertz CT molecular complexity index is 149. The minimum Gasteiger partial charge on any atom is -0.367 e. The number of hydrogen-bond donors (Lipinski definition) is 0. The molecule has 0 fully saturated rings. The first-order chi connectivity index (χ1) is 4.33. The lowest BCUT2D eigenvalue weighted by molar-refractivity contribution is 0.667. The molecule has 0 radical (unpaired) electrons. The van der Waals surface area contributed by atoms with Crippen molar-refractivity contribution in [3.63, 3.8) is 0 Å². The van der Waals surface area contributed by atoms with Gasteiger partial charge in [-0.1, -0.05) is 19.1 Å². The highest BCUT2D eigenvalue weighted by Crippen LogP contribution is 2.22. The highest BCUT2D eigenvalue weighted by atomic mass is 32.2. The summed E-state index contributed by atoms with van der Waals surface area (Å²) in [4.78, 5) is 1.08. The maximum atomic E-state index is 6.98. The fourth-order valence-corrected chi connectivity index (χ4v) is 1.34. The van der Waals surface area contributed by atoms with Crippen LogP contribution in [0.4, 0.5) is 0 Å². The molecular weight excluding hydrogens is 132 g/mol. The lowest BCUT2D eigenvalue weighted by Crippen LogP contribution is -1.92. The molecule has 0 heterocycles. The van der Waals surface area contributed by atoms with E-state index in [1.807, 2.05) is 6.08 Å². The summed E-state index contributed by atoms with van der Waals surface area (Å²) in [5.74, 6) is 0.628.